The Balaban J connectivity index is 2.31. The largest absolute Gasteiger partial charge is 0.497 e. The molecule has 0 spiro atoms. The molecule has 0 aliphatic heterocycles. The molecule has 2 amide bonds. The third-order valence-corrected chi connectivity index (χ3v) is 3.52. The normalized spacial score (nSPS) is 10.4. The first-order chi connectivity index (χ1) is 12.0. The molecule has 2 rings (SSSR count). The van der Waals surface area contributed by atoms with Crippen LogP contribution >= 0.6 is 0 Å². The second kappa shape index (κ2) is 8.29. The summed E-state index contributed by atoms with van der Waals surface area (Å²) in [6.45, 7) is 3.47. The molecule has 1 aromatic heterocycles. The van der Waals surface area contributed by atoms with Gasteiger partial charge in [0, 0.05) is 13.2 Å². The molecule has 0 bridgehead atoms. The molecule has 0 saturated heterocycles. The lowest BCUT2D eigenvalue weighted by atomic mass is 10.1. The van der Waals surface area contributed by atoms with E-state index in [9.17, 15) is 9.59 Å². The van der Waals surface area contributed by atoms with Crippen molar-refractivity contribution in [3.63, 3.8) is 0 Å². The summed E-state index contributed by atoms with van der Waals surface area (Å²) in [7, 11) is 2.95. The number of anilines is 2. The summed E-state index contributed by atoms with van der Waals surface area (Å²) >= 11 is 0. The Hall–Kier alpha value is -2.87. The minimum Gasteiger partial charge on any atom is -0.497 e. The molecule has 2 N–H and O–H groups in total. The first-order valence-electron chi connectivity index (χ1n) is 7.73. The highest BCUT2D eigenvalue weighted by molar-refractivity contribution is 6.08. The second-order valence-corrected chi connectivity index (χ2v) is 5.26. The maximum Gasteiger partial charge on any atom is 0.261 e. The van der Waals surface area contributed by atoms with Crippen LogP contribution in [-0.4, -0.2) is 37.8 Å². The summed E-state index contributed by atoms with van der Waals surface area (Å²) in [5.74, 6) is 0.268. The van der Waals surface area contributed by atoms with Gasteiger partial charge in [0.1, 0.15) is 23.7 Å². The highest BCUT2D eigenvalue weighted by Gasteiger charge is 2.20. The standard InChI is InChI=1S/C17H21N3O5/c1-5-12-16(10(2)25-20-12)17(22)19-14-8-11(24-4)6-7-13(14)18-15(21)9-23-3/h6-8H,5,9H2,1-4H3,(H,18,21)(H,19,22). The molecule has 25 heavy (non-hydrogen) atoms. The minimum absolute atomic E-state index is 0.0931. The second-order valence-electron chi connectivity index (χ2n) is 5.26. The van der Waals surface area contributed by atoms with E-state index in [1.54, 1.807) is 25.1 Å². The zero-order valence-corrected chi connectivity index (χ0v) is 14.6. The van der Waals surface area contributed by atoms with Crippen LogP contribution in [0.2, 0.25) is 0 Å². The summed E-state index contributed by atoms with van der Waals surface area (Å²) < 4.78 is 15.1. The van der Waals surface area contributed by atoms with Gasteiger partial charge in [0.05, 0.1) is 24.2 Å². The molecule has 0 radical (unpaired) electrons. The number of methoxy groups -OCH3 is 2. The molecule has 0 fully saturated rings. The SMILES string of the molecule is CCc1noc(C)c1C(=O)Nc1cc(OC)ccc1NC(=O)COC. The number of nitrogens with zero attached hydrogens (tertiary/aromatic N) is 1. The Morgan fingerprint density at radius 2 is 1.96 bits per heavy atom. The van der Waals surface area contributed by atoms with Crippen molar-refractivity contribution < 1.29 is 23.6 Å². The van der Waals surface area contributed by atoms with Crippen LogP contribution in [0.15, 0.2) is 22.7 Å². The van der Waals surface area contributed by atoms with E-state index in [0.29, 0.717) is 40.6 Å². The highest BCUT2D eigenvalue weighted by Crippen LogP contribution is 2.28. The van der Waals surface area contributed by atoms with Gasteiger partial charge in [0.25, 0.3) is 5.91 Å². The minimum atomic E-state index is -0.369. The molecular formula is C17H21N3O5. The van der Waals surface area contributed by atoms with Crippen LogP contribution < -0.4 is 15.4 Å². The number of carbonyl (C=O) groups is 2. The van der Waals surface area contributed by atoms with E-state index in [0.717, 1.165) is 0 Å². The predicted octanol–water partition coefficient (Wildman–Crippen LogP) is 2.39. The lowest BCUT2D eigenvalue weighted by Gasteiger charge is -2.13. The van der Waals surface area contributed by atoms with E-state index >= 15 is 0 Å². The van der Waals surface area contributed by atoms with E-state index in [1.807, 2.05) is 6.92 Å². The zero-order valence-electron chi connectivity index (χ0n) is 14.6. The first kappa shape index (κ1) is 18.5. The van der Waals surface area contributed by atoms with E-state index in [4.69, 9.17) is 14.0 Å². The fourth-order valence-electron chi connectivity index (χ4n) is 2.32. The molecule has 0 aliphatic carbocycles. The molecule has 0 unspecified atom stereocenters. The maximum atomic E-state index is 12.6. The summed E-state index contributed by atoms with van der Waals surface area (Å²) in [5.41, 5.74) is 1.79. The van der Waals surface area contributed by atoms with Crippen molar-refractivity contribution in [1.82, 2.24) is 5.16 Å². The Bertz CT molecular complexity index is 770. The van der Waals surface area contributed by atoms with Crippen LogP contribution in [-0.2, 0) is 16.0 Å². The molecule has 1 aromatic carbocycles. The van der Waals surface area contributed by atoms with Crippen LogP contribution in [0.1, 0.15) is 28.7 Å². The van der Waals surface area contributed by atoms with Crippen molar-refractivity contribution in [2.75, 3.05) is 31.5 Å². The number of aryl methyl sites for hydroxylation is 2. The Morgan fingerprint density at radius 1 is 1.20 bits per heavy atom. The van der Waals surface area contributed by atoms with Gasteiger partial charge in [0.15, 0.2) is 0 Å². The fraction of sp³-hybridized carbons (Fsp3) is 0.353. The van der Waals surface area contributed by atoms with Crippen LogP contribution in [0.25, 0.3) is 0 Å². The number of rotatable bonds is 7. The summed E-state index contributed by atoms with van der Waals surface area (Å²) in [5, 5.41) is 9.34. The van der Waals surface area contributed by atoms with Crippen LogP contribution in [0.4, 0.5) is 11.4 Å². The van der Waals surface area contributed by atoms with Gasteiger partial charge in [-0.05, 0) is 25.5 Å². The third-order valence-electron chi connectivity index (χ3n) is 3.52. The number of carbonyl (C=O) groups excluding carboxylic acids is 2. The van der Waals surface area contributed by atoms with E-state index in [-0.39, 0.29) is 18.4 Å². The Labute approximate surface area is 145 Å². The van der Waals surface area contributed by atoms with Crippen molar-refractivity contribution in [3.05, 3.63) is 35.2 Å². The van der Waals surface area contributed by atoms with Gasteiger partial charge in [-0.25, -0.2) is 0 Å². The van der Waals surface area contributed by atoms with Gasteiger partial charge in [-0.1, -0.05) is 12.1 Å². The lowest BCUT2D eigenvalue weighted by Crippen LogP contribution is -2.20. The zero-order chi connectivity index (χ0) is 18.4. The number of ether oxygens (including phenoxy) is 2. The average Bonchev–Trinajstić information content (AvgIpc) is 2.97. The van der Waals surface area contributed by atoms with E-state index < -0.39 is 0 Å². The smallest absolute Gasteiger partial charge is 0.261 e. The van der Waals surface area contributed by atoms with E-state index in [1.165, 1.54) is 14.2 Å². The van der Waals surface area contributed by atoms with Crippen molar-refractivity contribution in [3.8, 4) is 5.75 Å². The maximum absolute atomic E-state index is 12.6. The molecule has 2 aromatic rings. The molecule has 0 aliphatic rings. The highest BCUT2D eigenvalue weighted by atomic mass is 16.5. The number of nitrogens with one attached hydrogen (secondary N) is 2. The summed E-state index contributed by atoms with van der Waals surface area (Å²) in [6.07, 6.45) is 0.565. The molecule has 0 atom stereocenters. The van der Waals surface area contributed by atoms with Gasteiger partial charge in [0.2, 0.25) is 5.91 Å². The van der Waals surface area contributed by atoms with Gasteiger partial charge in [-0.3, -0.25) is 9.59 Å². The molecule has 0 saturated carbocycles. The third kappa shape index (κ3) is 4.36. The summed E-state index contributed by atoms with van der Waals surface area (Å²) in [6, 6.07) is 4.94. The quantitative estimate of drug-likeness (QED) is 0.797. The molecule has 8 nitrogen and oxygen atoms in total. The molecule has 1 heterocycles. The first-order valence-corrected chi connectivity index (χ1v) is 7.73. The number of aromatic nitrogens is 1. The van der Waals surface area contributed by atoms with Gasteiger partial charge >= 0.3 is 0 Å². The molecule has 134 valence electrons. The van der Waals surface area contributed by atoms with Crippen LogP contribution in [0.3, 0.4) is 0 Å². The van der Waals surface area contributed by atoms with Gasteiger partial charge in [-0.15, -0.1) is 0 Å². The summed E-state index contributed by atoms with van der Waals surface area (Å²) in [4.78, 5) is 24.4. The predicted molar refractivity (Wildman–Crippen MR) is 92.1 cm³/mol. The Morgan fingerprint density at radius 3 is 2.60 bits per heavy atom. The average molecular weight is 347 g/mol. The number of benzene rings is 1. The molecule has 8 heteroatoms. The van der Waals surface area contributed by atoms with Crippen molar-refractivity contribution in [2.24, 2.45) is 0 Å². The van der Waals surface area contributed by atoms with Crippen LogP contribution in [0.5, 0.6) is 5.75 Å². The van der Waals surface area contributed by atoms with Gasteiger partial charge < -0.3 is 24.6 Å². The van der Waals surface area contributed by atoms with Crippen molar-refractivity contribution >= 4 is 23.2 Å². The van der Waals surface area contributed by atoms with E-state index in [2.05, 4.69) is 15.8 Å². The fourth-order valence-corrected chi connectivity index (χ4v) is 2.32. The number of hydrogen-bond donors (Lipinski definition) is 2. The topological polar surface area (TPSA) is 103 Å². The van der Waals surface area contributed by atoms with Crippen molar-refractivity contribution in [2.45, 2.75) is 20.3 Å². The molecular weight excluding hydrogens is 326 g/mol. The van der Waals surface area contributed by atoms with Gasteiger partial charge in [-0.2, -0.15) is 0 Å². The Kier molecular flexibility index (Phi) is 6.13. The monoisotopic (exact) mass is 347 g/mol. The van der Waals surface area contributed by atoms with Crippen LogP contribution in [0, 0.1) is 6.92 Å². The lowest BCUT2D eigenvalue weighted by molar-refractivity contribution is -0.119. The number of hydrogen-bond acceptors (Lipinski definition) is 6. The number of amides is 2. The van der Waals surface area contributed by atoms with Crippen molar-refractivity contribution in [1.29, 1.82) is 0 Å².